The van der Waals surface area contributed by atoms with Crippen LogP contribution in [0.15, 0.2) is 4.52 Å². The van der Waals surface area contributed by atoms with E-state index in [1.165, 1.54) is 0 Å². The summed E-state index contributed by atoms with van der Waals surface area (Å²) < 4.78 is 16.3. The third-order valence-corrected chi connectivity index (χ3v) is 3.05. The second kappa shape index (κ2) is 5.34. The van der Waals surface area contributed by atoms with E-state index in [1.54, 1.807) is 0 Å². The maximum absolute atomic E-state index is 5.95. The highest BCUT2D eigenvalue weighted by Crippen LogP contribution is 2.34. The first-order valence-electron chi connectivity index (χ1n) is 6.36. The fourth-order valence-corrected chi connectivity index (χ4v) is 1.92. The zero-order valence-electron chi connectivity index (χ0n) is 11.2. The molecule has 0 aliphatic carbocycles. The van der Waals surface area contributed by atoms with Crippen LogP contribution in [-0.4, -0.2) is 29.5 Å². The summed E-state index contributed by atoms with van der Waals surface area (Å²) in [7, 11) is 0. The van der Waals surface area contributed by atoms with Gasteiger partial charge in [-0.25, -0.2) is 0 Å². The van der Waals surface area contributed by atoms with Gasteiger partial charge in [-0.05, 0) is 33.6 Å². The van der Waals surface area contributed by atoms with Crippen LogP contribution in [0.25, 0.3) is 0 Å². The van der Waals surface area contributed by atoms with Crippen LogP contribution in [0.1, 0.15) is 51.4 Å². The summed E-state index contributed by atoms with van der Waals surface area (Å²) in [6.07, 6.45) is 2.04. The molecule has 1 aliphatic heterocycles. The zero-order chi connectivity index (χ0) is 13.2. The van der Waals surface area contributed by atoms with Gasteiger partial charge in [0.25, 0.3) is 5.89 Å². The molecule has 6 nitrogen and oxygen atoms in total. The Kier molecular flexibility index (Phi) is 3.99. The standard InChI is InChI=1S/C12H21N3O3/c1-8(2)16-7-9(13)10-14-11(18-15-10)12(3)5-4-6-17-12/h8-9H,4-7,13H2,1-3H3. The van der Waals surface area contributed by atoms with E-state index < -0.39 is 5.60 Å². The van der Waals surface area contributed by atoms with Gasteiger partial charge in [0.2, 0.25) is 0 Å². The van der Waals surface area contributed by atoms with E-state index in [1.807, 2.05) is 20.8 Å². The molecular weight excluding hydrogens is 234 g/mol. The molecular formula is C12H21N3O3. The summed E-state index contributed by atoms with van der Waals surface area (Å²) in [6.45, 7) is 7.00. The van der Waals surface area contributed by atoms with Crippen LogP contribution in [0.3, 0.4) is 0 Å². The molecule has 2 unspecified atom stereocenters. The van der Waals surface area contributed by atoms with Crippen molar-refractivity contribution in [3.05, 3.63) is 11.7 Å². The van der Waals surface area contributed by atoms with Gasteiger partial charge in [-0.1, -0.05) is 5.16 Å². The van der Waals surface area contributed by atoms with Crippen molar-refractivity contribution in [1.29, 1.82) is 0 Å². The Hall–Kier alpha value is -0.980. The minimum absolute atomic E-state index is 0.137. The van der Waals surface area contributed by atoms with Crippen LogP contribution in [0.5, 0.6) is 0 Å². The number of nitrogens with zero attached hydrogens (tertiary/aromatic N) is 2. The first kappa shape index (κ1) is 13.5. The summed E-state index contributed by atoms with van der Waals surface area (Å²) >= 11 is 0. The Bertz CT molecular complexity index is 386. The summed E-state index contributed by atoms with van der Waals surface area (Å²) in [6, 6.07) is -0.366. The molecule has 1 saturated heterocycles. The number of rotatable bonds is 5. The Morgan fingerprint density at radius 2 is 2.28 bits per heavy atom. The number of hydrogen-bond donors (Lipinski definition) is 1. The molecule has 1 fully saturated rings. The van der Waals surface area contributed by atoms with Gasteiger partial charge in [-0.15, -0.1) is 0 Å². The van der Waals surface area contributed by atoms with E-state index in [0.717, 1.165) is 19.4 Å². The predicted molar refractivity (Wildman–Crippen MR) is 64.9 cm³/mol. The third-order valence-electron chi connectivity index (χ3n) is 3.05. The molecule has 2 heterocycles. The lowest BCUT2D eigenvalue weighted by Gasteiger charge is -2.17. The second-order valence-corrected chi connectivity index (χ2v) is 5.13. The molecule has 0 bridgehead atoms. The van der Waals surface area contributed by atoms with Crippen LogP contribution >= 0.6 is 0 Å². The predicted octanol–water partition coefficient (Wildman–Crippen LogP) is 1.52. The van der Waals surface area contributed by atoms with Crippen LogP contribution < -0.4 is 5.73 Å². The van der Waals surface area contributed by atoms with Crippen LogP contribution in [0.2, 0.25) is 0 Å². The lowest BCUT2D eigenvalue weighted by molar-refractivity contribution is -0.00937. The molecule has 18 heavy (non-hydrogen) atoms. The Labute approximate surface area is 107 Å². The minimum Gasteiger partial charge on any atom is -0.377 e. The normalized spacial score (nSPS) is 25.8. The Balaban J connectivity index is 2.01. The number of ether oxygens (including phenoxy) is 2. The van der Waals surface area contributed by atoms with Crippen molar-refractivity contribution < 1.29 is 14.0 Å². The summed E-state index contributed by atoms with van der Waals surface area (Å²) in [4.78, 5) is 4.33. The average Bonchev–Trinajstić information content (AvgIpc) is 2.95. The highest BCUT2D eigenvalue weighted by Gasteiger charge is 2.37. The molecule has 1 aromatic rings. The van der Waals surface area contributed by atoms with Gasteiger partial charge in [0.05, 0.1) is 18.8 Å². The smallest absolute Gasteiger partial charge is 0.258 e. The molecule has 2 rings (SSSR count). The monoisotopic (exact) mass is 255 g/mol. The summed E-state index contributed by atoms with van der Waals surface area (Å²) in [5, 5.41) is 3.91. The van der Waals surface area contributed by atoms with Crippen LogP contribution in [0.4, 0.5) is 0 Å². The summed E-state index contributed by atoms with van der Waals surface area (Å²) in [5.74, 6) is 0.984. The number of hydrogen-bond acceptors (Lipinski definition) is 6. The zero-order valence-corrected chi connectivity index (χ0v) is 11.2. The largest absolute Gasteiger partial charge is 0.377 e. The average molecular weight is 255 g/mol. The van der Waals surface area contributed by atoms with E-state index in [-0.39, 0.29) is 12.1 Å². The molecule has 0 aromatic carbocycles. The molecule has 0 radical (unpaired) electrons. The molecule has 6 heteroatoms. The third kappa shape index (κ3) is 2.88. The molecule has 102 valence electrons. The van der Waals surface area contributed by atoms with Gasteiger partial charge in [0, 0.05) is 6.61 Å². The van der Waals surface area contributed by atoms with E-state index in [2.05, 4.69) is 10.1 Å². The Morgan fingerprint density at radius 3 is 2.89 bits per heavy atom. The van der Waals surface area contributed by atoms with Gasteiger partial charge in [0.15, 0.2) is 5.82 Å². The van der Waals surface area contributed by atoms with Crippen molar-refractivity contribution in [1.82, 2.24) is 10.1 Å². The highest BCUT2D eigenvalue weighted by molar-refractivity contribution is 5.02. The van der Waals surface area contributed by atoms with Gasteiger partial charge in [-0.3, -0.25) is 0 Å². The van der Waals surface area contributed by atoms with Crippen molar-refractivity contribution in [3.8, 4) is 0 Å². The molecule has 2 N–H and O–H groups in total. The highest BCUT2D eigenvalue weighted by atomic mass is 16.5. The Morgan fingerprint density at radius 1 is 1.50 bits per heavy atom. The first-order chi connectivity index (χ1) is 8.51. The van der Waals surface area contributed by atoms with Crippen molar-refractivity contribution in [3.63, 3.8) is 0 Å². The first-order valence-corrected chi connectivity index (χ1v) is 6.36. The van der Waals surface area contributed by atoms with Gasteiger partial charge in [0.1, 0.15) is 5.60 Å². The fourth-order valence-electron chi connectivity index (χ4n) is 1.92. The molecule has 0 amide bonds. The molecule has 0 spiro atoms. The lowest BCUT2D eigenvalue weighted by atomic mass is 10.0. The lowest BCUT2D eigenvalue weighted by Crippen LogP contribution is -2.23. The molecule has 1 aromatic heterocycles. The van der Waals surface area contributed by atoms with Crippen molar-refractivity contribution in [2.75, 3.05) is 13.2 Å². The molecule has 1 aliphatic rings. The van der Waals surface area contributed by atoms with E-state index >= 15 is 0 Å². The van der Waals surface area contributed by atoms with E-state index in [0.29, 0.717) is 18.3 Å². The molecule has 0 saturated carbocycles. The van der Waals surface area contributed by atoms with E-state index in [4.69, 9.17) is 19.7 Å². The van der Waals surface area contributed by atoms with Crippen LogP contribution in [-0.2, 0) is 15.1 Å². The SMILES string of the molecule is CC(C)OCC(N)c1noc(C2(C)CCCO2)n1. The van der Waals surface area contributed by atoms with Crippen molar-refractivity contribution in [2.45, 2.75) is 51.4 Å². The van der Waals surface area contributed by atoms with Gasteiger partial charge >= 0.3 is 0 Å². The van der Waals surface area contributed by atoms with E-state index in [9.17, 15) is 0 Å². The fraction of sp³-hybridized carbons (Fsp3) is 0.833. The van der Waals surface area contributed by atoms with Crippen LogP contribution in [0, 0.1) is 0 Å². The quantitative estimate of drug-likeness (QED) is 0.858. The maximum Gasteiger partial charge on any atom is 0.258 e. The van der Waals surface area contributed by atoms with Gasteiger partial charge in [-0.2, -0.15) is 4.98 Å². The topological polar surface area (TPSA) is 83.4 Å². The second-order valence-electron chi connectivity index (χ2n) is 5.13. The van der Waals surface area contributed by atoms with Crippen molar-refractivity contribution >= 4 is 0 Å². The number of aromatic nitrogens is 2. The maximum atomic E-state index is 5.95. The van der Waals surface area contributed by atoms with Gasteiger partial charge < -0.3 is 19.7 Å². The minimum atomic E-state index is -0.454. The summed E-state index contributed by atoms with van der Waals surface area (Å²) in [5.41, 5.74) is 5.49. The number of nitrogens with two attached hydrogens (primary N) is 1. The molecule has 2 atom stereocenters. The van der Waals surface area contributed by atoms with Crippen molar-refractivity contribution in [2.24, 2.45) is 5.73 Å².